The van der Waals surface area contributed by atoms with Crippen LogP contribution in [0.3, 0.4) is 0 Å². The minimum atomic E-state index is -0.400. The van der Waals surface area contributed by atoms with Crippen LogP contribution in [0.5, 0.6) is 0 Å². The zero-order chi connectivity index (χ0) is 14.5. The Bertz CT molecular complexity index is 398. The number of anilines is 1. The van der Waals surface area contributed by atoms with Crippen molar-refractivity contribution in [3.63, 3.8) is 0 Å². The molecule has 5 heteroatoms. The third-order valence-electron chi connectivity index (χ3n) is 4.57. The van der Waals surface area contributed by atoms with Gasteiger partial charge in [0.2, 0.25) is 0 Å². The summed E-state index contributed by atoms with van der Waals surface area (Å²) < 4.78 is 1.71. The molecule has 0 radical (unpaired) electrons. The molecule has 1 aromatic heterocycles. The molecule has 3 N–H and O–H groups in total. The van der Waals surface area contributed by atoms with Crippen LogP contribution in [-0.2, 0) is 6.54 Å². The summed E-state index contributed by atoms with van der Waals surface area (Å²) in [4.78, 5) is 2.31. The maximum absolute atomic E-state index is 10.2. The van der Waals surface area contributed by atoms with Gasteiger partial charge in [-0.15, -0.1) is 0 Å². The highest BCUT2D eigenvalue weighted by molar-refractivity contribution is 5.30. The fourth-order valence-corrected chi connectivity index (χ4v) is 3.23. The molecule has 0 aliphatic heterocycles. The van der Waals surface area contributed by atoms with E-state index >= 15 is 0 Å². The summed E-state index contributed by atoms with van der Waals surface area (Å²) in [6.45, 7) is 3.49. The predicted molar refractivity (Wildman–Crippen MR) is 81.3 cm³/mol. The van der Waals surface area contributed by atoms with Crippen molar-refractivity contribution in [1.82, 2.24) is 14.7 Å². The molecule has 1 aromatic rings. The molecule has 5 nitrogen and oxygen atoms in total. The van der Waals surface area contributed by atoms with E-state index in [4.69, 9.17) is 5.73 Å². The largest absolute Gasteiger partial charge is 0.396 e. The van der Waals surface area contributed by atoms with Crippen LogP contribution in [0, 0.1) is 5.92 Å². The Morgan fingerprint density at radius 2 is 2.15 bits per heavy atom. The van der Waals surface area contributed by atoms with E-state index in [0.717, 1.165) is 5.92 Å². The molecule has 1 saturated carbocycles. The summed E-state index contributed by atoms with van der Waals surface area (Å²) in [5, 5.41) is 14.3. The van der Waals surface area contributed by atoms with E-state index in [0.29, 0.717) is 24.8 Å². The highest BCUT2D eigenvalue weighted by Gasteiger charge is 2.24. The molecule has 1 aliphatic rings. The van der Waals surface area contributed by atoms with Gasteiger partial charge < -0.3 is 15.7 Å². The molecule has 0 spiro atoms. The quantitative estimate of drug-likeness (QED) is 0.832. The molecule has 1 heterocycles. The minimum absolute atomic E-state index is 0.400. The third kappa shape index (κ3) is 4.21. The Morgan fingerprint density at radius 1 is 1.45 bits per heavy atom. The van der Waals surface area contributed by atoms with Crippen molar-refractivity contribution in [3.05, 3.63) is 12.4 Å². The number of aliphatic hydroxyl groups is 1. The van der Waals surface area contributed by atoms with Crippen molar-refractivity contribution < 1.29 is 5.11 Å². The summed E-state index contributed by atoms with van der Waals surface area (Å²) in [6, 6.07) is 0.621. The Kier molecular flexibility index (Phi) is 5.43. The molecule has 0 saturated heterocycles. The van der Waals surface area contributed by atoms with Crippen LogP contribution in [0.15, 0.2) is 12.4 Å². The molecule has 1 aliphatic carbocycles. The lowest BCUT2D eigenvalue weighted by atomic mass is 9.84. The second-order valence-corrected chi connectivity index (χ2v) is 6.17. The zero-order valence-corrected chi connectivity index (χ0v) is 12.7. The van der Waals surface area contributed by atoms with Gasteiger partial charge in [0, 0.05) is 18.8 Å². The van der Waals surface area contributed by atoms with Gasteiger partial charge >= 0.3 is 0 Å². The second kappa shape index (κ2) is 7.09. The first-order valence-corrected chi connectivity index (χ1v) is 7.74. The molecular formula is C15H28N4O. The van der Waals surface area contributed by atoms with Crippen LogP contribution in [0.1, 0.15) is 39.0 Å². The number of likely N-dealkylation sites (N-methyl/N-ethyl adjacent to an activating group) is 1. The van der Waals surface area contributed by atoms with E-state index in [9.17, 15) is 5.11 Å². The number of hydrogen-bond acceptors (Lipinski definition) is 4. The molecule has 1 atom stereocenters. The topological polar surface area (TPSA) is 67.3 Å². The van der Waals surface area contributed by atoms with Gasteiger partial charge in [-0.1, -0.05) is 13.3 Å². The smallest absolute Gasteiger partial charge is 0.0862 e. The first-order chi connectivity index (χ1) is 9.58. The summed E-state index contributed by atoms with van der Waals surface area (Å²) >= 11 is 0. The average molecular weight is 280 g/mol. The van der Waals surface area contributed by atoms with Gasteiger partial charge in [-0.2, -0.15) is 5.10 Å². The van der Waals surface area contributed by atoms with Crippen molar-refractivity contribution in [2.75, 3.05) is 19.3 Å². The molecule has 2 rings (SSSR count). The van der Waals surface area contributed by atoms with Gasteiger partial charge in [0.1, 0.15) is 0 Å². The lowest BCUT2D eigenvalue weighted by molar-refractivity contribution is 0.0718. The van der Waals surface area contributed by atoms with E-state index in [1.807, 2.05) is 0 Å². The highest BCUT2D eigenvalue weighted by atomic mass is 16.3. The van der Waals surface area contributed by atoms with Crippen LogP contribution >= 0.6 is 0 Å². The van der Waals surface area contributed by atoms with E-state index in [1.165, 1.54) is 32.1 Å². The molecular weight excluding hydrogens is 252 g/mol. The lowest BCUT2D eigenvalue weighted by Gasteiger charge is -2.35. The molecule has 1 unspecified atom stereocenters. The molecule has 0 aromatic carbocycles. The standard InChI is InChI=1S/C15H28N4O/c1-3-12-4-6-14(7-5-12)18(2)10-15(20)11-19-9-13(16)8-17-19/h8-9,12,14-15,20H,3-7,10-11,16H2,1-2H3. The third-order valence-corrected chi connectivity index (χ3v) is 4.57. The Balaban J connectivity index is 1.75. The van der Waals surface area contributed by atoms with Crippen LogP contribution in [0.25, 0.3) is 0 Å². The van der Waals surface area contributed by atoms with Crippen molar-refractivity contribution >= 4 is 5.69 Å². The normalized spacial score (nSPS) is 25.0. The molecule has 114 valence electrons. The second-order valence-electron chi connectivity index (χ2n) is 6.17. The summed E-state index contributed by atoms with van der Waals surface area (Å²) in [5.41, 5.74) is 6.27. The van der Waals surface area contributed by atoms with Gasteiger partial charge in [-0.05, 0) is 38.6 Å². The molecule has 0 amide bonds. The number of hydrogen-bond donors (Lipinski definition) is 2. The van der Waals surface area contributed by atoms with Crippen molar-refractivity contribution in [1.29, 1.82) is 0 Å². The maximum Gasteiger partial charge on any atom is 0.0862 e. The summed E-state index contributed by atoms with van der Waals surface area (Å²) in [5.74, 6) is 0.914. The molecule has 0 bridgehead atoms. The highest BCUT2D eigenvalue weighted by Crippen LogP contribution is 2.28. The van der Waals surface area contributed by atoms with E-state index in [1.54, 1.807) is 17.1 Å². The van der Waals surface area contributed by atoms with Crippen molar-refractivity contribution in [2.45, 2.75) is 57.7 Å². The lowest BCUT2D eigenvalue weighted by Crippen LogP contribution is -2.41. The Labute approximate surface area is 121 Å². The summed E-state index contributed by atoms with van der Waals surface area (Å²) in [6.07, 6.45) is 9.46. The maximum atomic E-state index is 10.2. The van der Waals surface area contributed by atoms with Gasteiger partial charge in [0.15, 0.2) is 0 Å². The number of aromatic nitrogens is 2. The Morgan fingerprint density at radius 3 is 2.70 bits per heavy atom. The van der Waals surface area contributed by atoms with E-state index < -0.39 is 6.10 Å². The Hall–Kier alpha value is -1.07. The number of aliphatic hydroxyl groups excluding tert-OH is 1. The SMILES string of the molecule is CCC1CCC(N(C)CC(O)Cn2cc(N)cn2)CC1. The first-order valence-electron chi connectivity index (χ1n) is 7.74. The van der Waals surface area contributed by atoms with Crippen LogP contribution in [0.2, 0.25) is 0 Å². The van der Waals surface area contributed by atoms with E-state index in [-0.39, 0.29) is 0 Å². The number of nitrogens with two attached hydrogens (primary N) is 1. The number of rotatable bonds is 6. The van der Waals surface area contributed by atoms with E-state index in [2.05, 4.69) is 24.0 Å². The predicted octanol–water partition coefficient (Wildman–Crippen LogP) is 1.73. The van der Waals surface area contributed by atoms with Crippen LogP contribution in [0.4, 0.5) is 5.69 Å². The molecule has 20 heavy (non-hydrogen) atoms. The monoisotopic (exact) mass is 280 g/mol. The first kappa shape index (κ1) is 15.3. The molecule has 1 fully saturated rings. The van der Waals surface area contributed by atoms with Gasteiger partial charge in [-0.25, -0.2) is 0 Å². The minimum Gasteiger partial charge on any atom is -0.396 e. The van der Waals surface area contributed by atoms with Crippen molar-refractivity contribution in [2.24, 2.45) is 5.92 Å². The number of nitrogens with zero attached hydrogens (tertiary/aromatic N) is 3. The van der Waals surface area contributed by atoms with Gasteiger partial charge in [-0.3, -0.25) is 4.68 Å². The van der Waals surface area contributed by atoms with Gasteiger partial charge in [0.25, 0.3) is 0 Å². The zero-order valence-electron chi connectivity index (χ0n) is 12.7. The average Bonchev–Trinajstić information content (AvgIpc) is 2.84. The van der Waals surface area contributed by atoms with Crippen LogP contribution < -0.4 is 5.73 Å². The van der Waals surface area contributed by atoms with Crippen molar-refractivity contribution in [3.8, 4) is 0 Å². The fourth-order valence-electron chi connectivity index (χ4n) is 3.23. The fraction of sp³-hybridized carbons (Fsp3) is 0.800. The van der Waals surface area contributed by atoms with Crippen LogP contribution in [-0.4, -0.2) is 45.5 Å². The van der Waals surface area contributed by atoms with Gasteiger partial charge in [0.05, 0.1) is 24.5 Å². The number of nitrogen functional groups attached to an aromatic ring is 1. The summed E-state index contributed by atoms with van der Waals surface area (Å²) in [7, 11) is 2.12.